The minimum Gasteiger partial charge on any atom is -0.336 e. The van der Waals surface area contributed by atoms with Crippen LogP contribution in [-0.4, -0.2) is 43.9 Å². The van der Waals surface area contributed by atoms with Crippen molar-refractivity contribution < 1.29 is 9.59 Å². The Morgan fingerprint density at radius 2 is 2.04 bits per heavy atom. The SMILES string of the molecule is CC1CCCCN1C(=O)c1ccccc1NC(=O)c1cc2ncccn2n1. The second-order valence-electron chi connectivity index (χ2n) is 6.80. The van der Waals surface area contributed by atoms with E-state index in [1.54, 1.807) is 47.2 Å². The highest BCUT2D eigenvalue weighted by molar-refractivity contribution is 6.08. The fourth-order valence-electron chi connectivity index (χ4n) is 3.46. The number of amides is 2. The molecule has 1 aliphatic heterocycles. The van der Waals surface area contributed by atoms with Crippen LogP contribution in [0.25, 0.3) is 5.65 Å². The molecule has 2 amide bonds. The number of nitrogens with zero attached hydrogens (tertiary/aromatic N) is 4. The van der Waals surface area contributed by atoms with Gasteiger partial charge in [-0.15, -0.1) is 0 Å². The summed E-state index contributed by atoms with van der Waals surface area (Å²) >= 11 is 0. The molecule has 1 unspecified atom stereocenters. The maximum absolute atomic E-state index is 13.0. The average Bonchev–Trinajstić information content (AvgIpc) is 3.13. The van der Waals surface area contributed by atoms with Crippen LogP contribution in [0, 0.1) is 0 Å². The molecule has 0 saturated carbocycles. The standard InChI is InChI=1S/C20H21N5O2/c1-14-7-4-5-11-24(14)20(27)15-8-2-3-9-16(15)22-19(26)17-13-18-21-10-6-12-25(18)23-17/h2-3,6,8-10,12-14H,4-5,7,11H2,1H3,(H,22,26). The van der Waals surface area contributed by atoms with E-state index in [1.807, 2.05) is 11.0 Å². The van der Waals surface area contributed by atoms with E-state index in [4.69, 9.17) is 0 Å². The van der Waals surface area contributed by atoms with Crippen molar-refractivity contribution in [1.82, 2.24) is 19.5 Å². The van der Waals surface area contributed by atoms with Crippen molar-refractivity contribution in [3.8, 4) is 0 Å². The minimum absolute atomic E-state index is 0.0465. The predicted molar refractivity (Wildman–Crippen MR) is 102 cm³/mol. The first kappa shape index (κ1) is 17.2. The Bertz CT molecular complexity index is 964. The van der Waals surface area contributed by atoms with E-state index in [-0.39, 0.29) is 23.6 Å². The molecule has 1 N–H and O–H groups in total. The second kappa shape index (κ2) is 7.19. The Balaban J connectivity index is 1.59. The number of carbonyl (C=O) groups is 2. The van der Waals surface area contributed by atoms with Gasteiger partial charge >= 0.3 is 0 Å². The minimum atomic E-state index is -0.368. The maximum Gasteiger partial charge on any atom is 0.276 e. The molecule has 1 aliphatic rings. The van der Waals surface area contributed by atoms with Gasteiger partial charge in [-0.2, -0.15) is 5.10 Å². The number of rotatable bonds is 3. The number of piperidine rings is 1. The largest absolute Gasteiger partial charge is 0.336 e. The quantitative estimate of drug-likeness (QED) is 0.776. The monoisotopic (exact) mass is 363 g/mol. The predicted octanol–water partition coefficient (Wildman–Crippen LogP) is 3.00. The van der Waals surface area contributed by atoms with Crippen LogP contribution >= 0.6 is 0 Å². The molecule has 2 aromatic heterocycles. The van der Waals surface area contributed by atoms with Crippen LogP contribution in [0.2, 0.25) is 0 Å². The average molecular weight is 363 g/mol. The number of fused-ring (bicyclic) bond motifs is 1. The molecule has 27 heavy (non-hydrogen) atoms. The number of hydrogen-bond acceptors (Lipinski definition) is 4. The van der Waals surface area contributed by atoms with E-state index in [0.717, 1.165) is 25.8 Å². The Morgan fingerprint density at radius 1 is 1.19 bits per heavy atom. The molecule has 0 spiro atoms. The van der Waals surface area contributed by atoms with Crippen LogP contribution in [0.1, 0.15) is 47.0 Å². The molecule has 7 nitrogen and oxygen atoms in total. The van der Waals surface area contributed by atoms with Gasteiger partial charge in [0.15, 0.2) is 11.3 Å². The van der Waals surface area contributed by atoms with Crippen molar-refractivity contribution in [1.29, 1.82) is 0 Å². The summed E-state index contributed by atoms with van der Waals surface area (Å²) in [5.74, 6) is -0.415. The van der Waals surface area contributed by atoms with E-state index >= 15 is 0 Å². The Morgan fingerprint density at radius 3 is 2.85 bits per heavy atom. The van der Waals surface area contributed by atoms with E-state index in [2.05, 4.69) is 22.3 Å². The van der Waals surface area contributed by atoms with Crippen LogP contribution in [-0.2, 0) is 0 Å². The zero-order valence-corrected chi connectivity index (χ0v) is 15.1. The van der Waals surface area contributed by atoms with Crippen LogP contribution in [0.5, 0.6) is 0 Å². The molecule has 0 radical (unpaired) electrons. The molecule has 3 heterocycles. The number of likely N-dealkylation sites (tertiary alicyclic amines) is 1. The van der Waals surface area contributed by atoms with Crippen molar-refractivity contribution in [2.24, 2.45) is 0 Å². The summed E-state index contributed by atoms with van der Waals surface area (Å²) in [6.07, 6.45) is 6.54. The van der Waals surface area contributed by atoms with Crippen molar-refractivity contribution in [3.05, 3.63) is 60.0 Å². The molecule has 0 aliphatic carbocycles. The number of para-hydroxylation sites is 1. The lowest BCUT2D eigenvalue weighted by atomic mass is 10.0. The van der Waals surface area contributed by atoms with Gasteiger partial charge in [0.25, 0.3) is 11.8 Å². The fourth-order valence-corrected chi connectivity index (χ4v) is 3.46. The molecular weight excluding hydrogens is 342 g/mol. The van der Waals surface area contributed by atoms with E-state index < -0.39 is 0 Å². The summed E-state index contributed by atoms with van der Waals surface area (Å²) in [6, 6.07) is 10.7. The molecule has 0 bridgehead atoms. The van der Waals surface area contributed by atoms with Gasteiger partial charge in [-0.05, 0) is 44.4 Å². The molecular formula is C20H21N5O2. The topological polar surface area (TPSA) is 79.6 Å². The van der Waals surface area contributed by atoms with Crippen molar-refractivity contribution >= 4 is 23.1 Å². The zero-order valence-electron chi connectivity index (χ0n) is 15.1. The zero-order chi connectivity index (χ0) is 18.8. The highest BCUT2D eigenvalue weighted by atomic mass is 16.2. The van der Waals surface area contributed by atoms with E-state index in [9.17, 15) is 9.59 Å². The number of nitrogens with one attached hydrogen (secondary N) is 1. The van der Waals surface area contributed by atoms with Crippen molar-refractivity contribution in [3.63, 3.8) is 0 Å². The van der Waals surface area contributed by atoms with Gasteiger partial charge in [0.1, 0.15) is 0 Å². The number of anilines is 1. The van der Waals surface area contributed by atoms with E-state index in [1.165, 1.54) is 0 Å². The molecule has 1 aromatic carbocycles. The van der Waals surface area contributed by atoms with Crippen LogP contribution in [0.4, 0.5) is 5.69 Å². The summed E-state index contributed by atoms with van der Waals surface area (Å²) in [5.41, 5.74) is 1.84. The summed E-state index contributed by atoms with van der Waals surface area (Å²) in [7, 11) is 0. The second-order valence-corrected chi connectivity index (χ2v) is 6.80. The Hall–Kier alpha value is -3.22. The smallest absolute Gasteiger partial charge is 0.276 e. The first-order valence-electron chi connectivity index (χ1n) is 9.15. The van der Waals surface area contributed by atoms with Gasteiger partial charge in [-0.3, -0.25) is 9.59 Å². The summed E-state index contributed by atoms with van der Waals surface area (Å²) in [6.45, 7) is 2.82. The molecule has 1 atom stereocenters. The number of aromatic nitrogens is 3. The molecule has 138 valence electrons. The first-order valence-corrected chi connectivity index (χ1v) is 9.15. The normalized spacial score (nSPS) is 17.1. The molecule has 7 heteroatoms. The van der Waals surface area contributed by atoms with Gasteiger partial charge < -0.3 is 10.2 Å². The lowest BCUT2D eigenvalue weighted by Gasteiger charge is -2.33. The maximum atomic E-state index is 13.0. The third-order valence-corrected chi connectivity index (χ3v) is 4.94. The number of hydrogen-bond donors (Lipinski definition) is 1. The van der Waals surface area contributed by atoms with Crippen LogP contribution < -0.4 is 5.32 Å². The Kier molecular flexibility index (Phi) is 4.58. The molecule has 4 rings (SSSR count). The summed E-state index contributed by atoms with van der Waals surface area (Å²) in [4.78, 5) is 31.8. The van der Waals surface area contributed by atoms with Crippen LogP contribution in [0.15, 0.2) is 48.8 Å². The van der Waals surface area contributed by atoms with Gasteiger partial charge in [-0.1, -0.05) is 12.1 Å². The Labute approximate surface area is 157 Å². The number of benzene rings is 1. The van der Waals surface area contributed by atoms with Gasteiger partial charge in [0.05, 0.1) is 11.3 Å². The highest BCUT2D eigenvalue weighted by Gasteiger charge is 2.26. The first-order chi connectivity index (χ1) is 13.1. The highest BCUT2D eigenvalue weighted by Crippen LogP contribution is 2.23. The fraction of sp³-hybridized carbons (Fsp3) is 0.300. The van der Waals surface area contributed by atoms with Crippen molar-refractivity contribution in [2.75, 3.05) is 11.9 Å². The molecule has 1 fully saturated rings. The van der Waals surface area contributed by atoms with Crippen LogP contribution in [0.3, 0.4) is 0 Å². The van der Waals surface area contributed by atoms with Gasteiger partial charge in [0.2, 0.25) is 0 Å². The summed E-state index contributed by atoms with van der Waals surface area (Å²) in [5, 5.41) is 7.06. The lowest BCUT2D eigenvalue weighted by Crippen LogP contribution is -2.42. The van der Waals surface area contributed by atoms with Crippen molar-refractivity contribution in [2.45, 2.75) is 32.2 Å². The molecule has 1 saturated heterocycles. The van der Waals surface area contributed by atoms with E-state index in [0.29, 0.717) is 16.9 Å². The van der Waals surface area contributed by atoms with Gasteiger partial charge in [0, 0.05) is 31.0 Å². The van der Waals surface area contributed by atoms with Gasteiger partial charge in [-0.25, -0.2) is 9.50 Å². The third-order valence-electron chi connectivity index (χ3n) is 4.94. The summed E-state index contributed by atoms with van der Waals surface area (Å²) < 4.78 is 1.54. The third kappa shape index (κ3) is 3.40. The lowest BCUT2D eigenvalue weighted by molar-refractivity contribution is 0.0636. The molecule has 3 aromatic rings. The number of carbonyl (C=O) groups excluding carboxylic acids is 2.